The lowest BCUT2D eigenvalue weighted by atomic mass is 10.0. The summed E-state index contributed by atoms with van der Waals surface area (Å²) < 4.78 is 10.6. The number of oxime groups is 1. The minimum Gasteiger partial charge on any atom is -0.454 e. The topological polar surface area (TPSA) is 69.2 Å². The van der Waals surface area contributed by atoms with Gasteiger partial charge in [-0.3, -0.25) is 4.79 Å². The molecule has 1 aliphatic rings. The van der Waals surface area contributed by atoms with Crippen LogP contribution in [0.3, 0.4) is 0 Å². The highest BCUT2D eigenvalue weighted by atomic mass is 16.7. The molecule has 0 unspecified atom stereocenters. The third kappa shape index (κ3) is 4.13. The Morgan fingerprint density at radius 3 is 2.82 bits per heavy atom. The van der Waals surface area contributed by atoms with Gasteiger partial charge in [0.25, 0.3) is 5.91 Å². The van der Waals surface area contributed by atoms with Gasteiger partial charge < -0.3 is 19.6 Å². The molecule has 0 aromatic heterocycles. The smallest absolute Gasteiger partial charge is 0.261 e. The van der Waals surface area contributed by atoms with Crippen molar-refractivity contribution in [2.45, 2.75) is 39.7 Å². The maximum absolute atomic E-state index is 11.7. The molecule has 0 saturated carbocycles. The third-order valence-corrected chi connectivity index (χ3v) is 3.55. The molecule has 1 heterocycles. The van der Waals surface area contributed by atoms with Gasteiger partial charge in [0.2, 0.25) is 6.79 Å². The van der Waals surface area contributed by atoms with E-state index in [1.165, 1.54) is 0 Å². The molecule has 1 aromatic carbocycles. The molecule has 120 valence electrons. The Morgan fingerprint density at radius 2 is 2.09 bits per heavy atom. The van der Waals surface area contributed by atoms with Gasteiger partial charge in [-0.15, -0.1) is 0 Å². The van der Waals surface area contributed by atoms with Crippen LogP contribution in [-0.4, -0.2) is 30.6 Å². The molecule has 0 aliphatic carbocycles. The molecular formula is C16H22N2O4. The molecule has 0 bridgehead atoms. The van der Waals surface area contributed by atoms with Crippen molar-refractivity contribution in [3.8, 4) is 11.5 Å². The maximum atomic E-state index is 11.7. The summed E-state index contributed by atoms with van der Waals surface area (Å²) in [6.45, 7) is 7.89. The van der Waals surface area contributed by atoms with Gasteiger partial charge in [-0.25, -0.2) is 0 Å². The molecule has 22 heavy (non-hydrogen) atoms. The fourth-order valence-electron chi connectivity index (χ4n) is 1.86. The van der Waals surface area contributed by atoms with Crippen LogP contribution in [-0.2, 0) is 9.63 Å². The van der Waals surface area contributed by atoms with Crippen LogP contribution in [0.4, 0.5) is 0 Å². The van der Waals surface area contributed by atoms with E-state index in [0.29, 0.717) is 11.5 Å². The largest absolute Gasteiger partial charge is 0.454 e. The second-order valence-corrected chi connectivity index (χ2v) is 5.80. The molecule has 1 aliphatic heterocycles. The van der Waals surface area contributed by atoms with E-state index in [1.54, 1.807) is 0 Å². The van der Waals surface area contributed by atoms with E-state index in [2.05, 4.69) is 10.5 Å². The quantitative estimate of drug-likeness (QED) is 0.647. The van der Waals surface area contributed by atoms with Crippen LogP contribution >= 0.6 is 0 Å². The molecule has 0 atom stereocenters. The Bertz CT molecular complexity index is 582. The second kappa shape index (κ2) is 6.68. The highest BCUT2D eigenvalue weighted by Gasteiger charge is 2.18. The molecule has 0 spiro atoms. The molecular weight excluding hydrogens is 284 g/mol. The van der Waals surface area contributed by atoms with Crippen LogP contribution in [0.5, 0.6) is 11.5 Å². The first-order valence-electron chi connectivity index (χ1n) is 7.29. The first kappa shape index (κ1) is 16.1. The third-order valence-electron chi connectivity index (χ3n) is 3.55. The summed E-state index contributed by atoms with van der Waals surface area (Å²) in [6, 6.07) is 5.54. The van der Waals surface area contributed by atoms with Gasteiger partial charge in [0.05, 0.1) is 5.71 Å². The molecule has 1 aromatic rings. The Balaban J connectivity index is 1.89. The summed E-state index contributed by atoms with van der Waals surface area (Å²) >= 11 is 0. The minimum absolute atomic E-state index is 0.106. The summed E-state index contributed by atoms with van der Waals surface area (Å²) in [6.07, 6.45) is 0.845. The number of nitrogens with one attached hydrogen (secondary N) is 1. The van der Waals surface area contributed by atoms with Crippen molar-refractivity contribution in [3.05, 3.63) is 23.8 Å². The van der Waals surface area contributed by atoms with Gasteiger partial charge in [0.15, 0.2) is 18.1 Å². The van der Waals surface area contributed by atoms with Crippen molar-refractivity contribution in [1.29, 1.82) is 0 Å². The minimum atomic E-state index is -0.240. The van der Waals surface area contributed by atoms with Gasteiger partial charge in [-0.1, -0.05) is 12.1 Å². The van der Waals surface area contributed by atoms with Crippen LogP contribution in [0.2, 0.25) is 0 Å². The predicted octanol–water partition coefficient (Wildman–Crippen LogP) is 2.46. The van der Waals surface area contributed by atoms with Gasteiger partial charge in [-0.2, -0.15) is 0 Å². The SMILES string of the molecule is CCC(C)(C)NC(=O)CO/N=C(\C)c1ccc2c(c1)OCO2. The van der Waals surface area contributed by atoms with E-state index < -0.39 is 0 Å². The van der Waals surface area contributed by atoms with Gasteiger partial charge in [-0.05, 0) is 45.4 Å². The van der Waals surface area contributed by atoms with E-state index in [9.17, 15) is 4.79 Å². The number of hydrogen-bond donors (Lipinski definition) is 1. The fourth-order valence-corrected chi connectivity index (χ4v) is 1.86. The lowest BCUT2D eigenvalue weighted by molar-refractivity contribution is -0.127. The van der Waals surface area contributed by atoms with Gasteiger partial charge in [0, 0.05) is 11.1 Å². The summed E-state index contributed by atoms with van der Waals surface area (Å²) in [5.41, 5.74) is 1.29. The van der Waals surface area contributed by atoms with Crippen molar-refractivity contribution in [2.24, 2.45) is 5.16 Å². The number of rotatable bonds is 6. The number of ether oxygens (including phenoxy) is 2. The van der Waals surface area contributed by atoms with Crippen LogP contribution in [0.25, 0.3) is 0 Å². The summed E-state index contributed by atoms with van der Waals surface area (Å²) in [4.78, 5) is 16.9. The number of carbonyl (C=O) groups is 1. The van der Waals surface area contributed by atoms with E-state index in [0.717, 1.165) is 17.7 Å². The molecule has 1 amide bonds. The van der Waals surface area contributed by atoms with Crippen LogP contribution in [0.1, 0.15) is 39.7 Å². The number of carbonyl (C=O) groups excluding carboxylic acids is 1. The van der Waals surface area contributed by atoms with Crippen molar-refractivity contribution in [1.82, 2.24) is 5.32 Å². The first-order chi connectivity index (χ1) is 10.4. The zero-order chi connectivity index (χ0) is 16.2. The Kier molecular flexibility index (Phi) is 4.90. The molecule has 6 heteroatoms. The van der Waals surface area contributed by atoms with E-state index in [1.807, 2.05) is 45.9 Å². The normalized spacial score (nSPS) is 13.9. The molecule has 2 rings (SSSR count). The van der Waals surface area contributed by atoms with Crippen molar-refractivity contribution >= 4 is 11.6 Å². The highest BCUT2D eigenvalue weighted by molar-refractivity contribution is 5.99. The van der Waals surface area contributed by atoms with Gasteiger partial charge >= 0.3 is 0 Å². The molecule has 0 radical (unpaired) electrons. The first-order valence-corrected chi connectivity index (χ1v) is 7.29. The fraction of sp³-hybridized carbons (Fsp3) is 0.500. The molecule has 0 saturated heterocycles. The van der Waals surface area contributed by atoms with Crippen LogP contribution < -0.4 is 14.8 Å². The maximum Gasteiger partial charge on any atom is 0.261 e. The lowest BCUT2D eigenvalue weighted by Crippen LogP contribution is -2.44. The van der Waals surface area contributed by atoms with Crippen LogP contribution in [0, 0.1) is 0 Å². The predicted molar refractivity (Wildman–Crippen MR) is 83.2 cm³/mol. The zero-order valence-electron chi connectivity index (χ0n) is 13.4. The number of fused-ring (bicyclic) bond motifs is 1. The Hall–Kier alpha value is -2.24. The van der Waals surface area contributed by atoms with Crippen molar-refractivity contribution < 1.29 is 19.1 Å². The summed E-state index contributed by atoms with van der Waals surface area (Å²) in [5.74, 6) is 1.22. The van der Waals surface area contributed by atoms with Gasteiger partial charge in [0.1, 0.15) is 0 Å². The number of nitrogens with zero attached hydrogens (tertiary/aromatic N) is 1. The summed E-state index contributed by atoms with van der Waals surface area (Å²) in [7, 11) is 0. The molecule has 6 nitrogen and oxygen atoms in total. The number of hydrogen-bond acceptors (Lipinski definition) is 5. The Morgan fingerprint density at radius 1 is 1.36 bits per heavy atom. The molecule has 0 fully saturated rings. The van der Waals surface area contributed by atoms with Crippen molar-refractivity contribution in [2.75, 3.05) is 13.4 Å². The lowest BCUT2D eigenvalue weighted by Gasteiger charge is -2.23. The number of amides is 1. The zero-order valence-corrected chi connectivity index (χ0v) is 13.4. The standard InChI is InChI=1S/C16H22N2O4/c1-5-16(3,4)17-15(19)9-22-18-11(2)12-6-7-13-14(8-12)21-10-20-13/h6-8H,5,9-10H2,1-4H3,(H,17,19)/b18-11+. The van der Waals surface area contributed by atoms with E-state index in [-0.39, 0.29) is 24.8 Å². The van der Waals surface area contributed by atoms with Crippen LogP contribution in [0.15, 0.2) is 23.4 Å². The Labute approximate surface area is 130 Å². The highest BCUT2D eigenvalue weighted by Crippen LogP contribution is 2.32. The van der Waals surface area contributed by atoms with E-state index in [4.69, 9.17) is 14.3 Å². The van der Waals surface area contributed by atoms with Crippen molar-refractivity contribution in [3.63, 3.8) is 0 Å². The number of benzene rings is 1. The summed E-state index contributed by atoms with van der Waals surface area (Å²) in [5, 5.41) is 6.86. The average Bonchev–Trinajstić information content (AvgIpc) is 2.94. The second-order valence-electron chi connectivity index (χ2n) is 5.80. The monoisotopic (exact) mass is 306 g/mol. The van der Waals surface area contributed by atoms with E-state index >= 15 is 0 Å². The average molecular weight is 306 g/mol. The molecule has 1 N–H and O–H groups in total.